The van der Waals surface area contributed by atoms with E-state index in [0.717, 1.165) is 47.9 Å². The maximum absolute atomic E-state index is 6.35. The van der Waals surface area contributed by atoms with Gasteiger partial charge in [-0.15, -0.1) is 0 Å². The third-order valence-corrected chi connectivity index (χ3v) is 4.19. The van der Waals surface area contributed by atoms with E-state index in [9.17, 15) is 0 Å². The molecule has 0 amide bonds. The van der Waals surface area contributed by atoms with Gasteiger partial charge in [-0.2, -0.15) is 0 Å². The Labute approximate surface area is 118 Å². The van der Waals surface area contributed by atoms with Crippen LogP contribution in [0.3, 0.4) is 0 Å². The summed E-state index contributed by atoms with van der Waals surface area (Å²) in [4.78, 5) is 0. The number of hydrogen-bond donors (Lipinski definition) is 1. The van der Waals surface area contributed by atoms with Crippen LogP contribution >= 0.6 is 15.9 Å². The molecule has 1 atom stereocenters. The van der Waals surface area contributed by atoms with Crippen molar-refractivity contribution in [2.75, 3.05) is 0 Å². The quantitative estimate of drug-likeness (QED) is 0.884. The van der Waals surface area contributed by atoms with Crippen LogP contribution in [0.1, 0.15) is 57.6 Å². The van der Waals surface area contributed by atoms with Crippen LogP contribution in [-0.2, 0) is 0 Å². The van der Waals surface area contributed by atoms with Gasteiger partial charge in [0.2, 0.25) is 0 Å². The second kappa shape index (κ2) is 5.62. The molecular formula is C15H22BrNO. The molecule has 2 N–H and O–H groups in total. The van der Waals surface area contributed by atoms with Crippen molar-refractivity contribution in [3.63, 3.8) is 0 Å². The van der Waals surface area contributed by atoms with Gasteiger partial charge >= 0.3 is 0 Å². The second-order valence-electron chi connectivity index (χ2n) is 5.28. The highest BCUT2D eigenvalue weighted by Gasteiger charge is 2.38. The van der Waals surface area contributed by atoms with Gasteiger partial charge in [0, 0.05) is 22.5 Å². The van der Waals surface area contributed by atoms with E-state index in [0.29, 0.717) is 0 Å². The van der Waals surface area contributed by atoms with Gasteiger partial charge in [0.25, 0.3) is 0 Å². The summed E-state index contributed by atoms with van der Waals surface area (Å²) in [6.45, 7) is 4.42. The maximum Gasteiger partial charge on any atom is 0.124 e. The molecule has 2 rings (SSSR count). The lowest BCUT2D eigenvalue weighted by Gasteiger charge is -2.41. The van der Waals surface area contributed by atoms with E-state index in [4.69, 9.17) is 10.5 Å². The van der Waals surface area contributed by atoms with Crippen LogP contribution in [0.15, 0.2) is 22.7 Å². The van der Waals surface area contributed by atoms with Crippen molar-refractivity contribution >= 4 is 15.9 Å². The fraction of sp³-hybridized carbons (Fsp3) is 0.600. The van der Waals surface area contributed by atoms with Gasteiger partial charge in [0.05, 0.1) is 0 Å². The second-order valence-corrected chi connectivity index (χ2v) is 6.19. The van der Waals surface area contributed by atoms with Crippen LogP contribution in [-0.4, -0.2) is 5.60 Å². The maximum atomic E-state index is 6.35. The van der Waals surface area contributed by atoms with E-state index in [-0.39, 0.29) is 11.6 Å². The molecule has 0 saturated heterocycles. The molecule has 1 aliphatic rings. The first kappa shape index (κ1) is 13.9. The molecule has 1 aromatic rings. The number of rotatable bonds is 4. The topological polar surface area (TPSA) is 35.2 Å². The summed E-state index contributed by atoms with van der Waals surface area (Å²) in [6, 6.07) is 6.24. The summed E-state index contributed by atoms with van der Waals surface area (Å²) >= 11 is 3.50. The largest absolute Gasteiger partial charge is 0.487 e. The van der Waals surface area contributed by atoms with Gasteiger partial charge in [-0.3, -0.25) is 0 Å². The average molecular weight is 312 g/mol. The minimum absolute atomic E-state index is 0.0518. The Balaban J connectivity index is 2.32. The van der Waals surface area contributed by atoms with Crippen LogP contribution in [0.2, 0.25) is 0 Å². The number of nitrogens with two attached hydrogens (primary N) is 1. The fourth-order valence-corrected chi connectivity index (χ4v) is 3.41. The number of ether oxygens (including phenoxy) is 1. The monoisotopic (exact) mass is 311 g/mol. The minimum Gasteiger partial charge on any atom is -0.487 e. The van der Waals surface area contributed by atoms with Gasteiger partial charge in [-0.1, -0.05) is 42.6 Å². The molecule has 0 spiro atoms. The molecule has 100 valence electrons. The molecule has 18 heavy (non-hydrogen) atoms. The molecule has 0 aliphatic carbocycles. The molecule has 0 radical (unpaired) electrons. The lowest BCUT2D eigenvalue weighted by molar-refractivity contribution is 0.0179. The number of hydrogen-bond acceptors (Lipinski definition) is 2. The zero-order chi connectivity index (χ0) is 13.2. The van der Waals surface area contributed by atoms with Gasteiger partial charge in [-0.25, -0.2) is 0 Å². The predicted molar refractivity (Wildman–Crippen MR) is 78.9 cm³/mol. The van der Waals surface area contributed by atoms with Crippen LogP contribution in [0.25, 0.3) is 0 Å². The Bertz CT molecular complexity index is 413. The Morgan fingerprint density at radius 1 is 1.33 bits per heavy atom. The smallest absolute Gasteiger partial charge is 0.124 e. The van der Waals surface area contributed by atoms with Gasteiger partial charge < -0.3 is 10.5 Å². The van der Waals surface area contributed by atoms with Gasteiger partial charge in [-0.05, 0) is 31.0 Å². The summed E-state index contributed by atoms with van der Waals surface area (Å²) in [5.41, 5.74) is 7.43. The van der Waals surface area contributed by atoms with Gasteiger partial charge in [0.1, 0.15) is 11.4 Å². The molecule has 1 aliphatic heterocycles. The van der Waals surface area contributed by atoms with Gasteiger partial charge in [0.15, 0.2) is 0 Å². The van der Waals surface area contributed by atoms with E-state index >= 15 is 0 Å². The number of fused-ring (bicyclic) bond motifs is 1. The summed E-state index contributed by atoms with van der Waals surface area (Å²) < 4.78 is 7.39. The zero-order valence-corrected chi connectivity index (χ0v) is 12.8. The SMILES string of the molecule is CCCC1(CCC)C[C@H](N)c2cc(Br)ccc2O1. The lowest BCUT2D eigenvalue weighted by atomic mass is 9.81. The van der Waals surface area contributed by atoms with Crippen molar-refractivity contribution in [2.24, 2.45) is 5.73 Å². The third kappa shape index (κ3) is 2.72. The minimum atomic E-state index is -0.0518. The Hall–Kier alpha value is -0.540. The highest BCUT2D eigenvalue weighted by molar-refractivity contribution is 9.10. The Morgan fingerprint density at radius 3 is 2.61 bits per heavy atom. The van der Waals surface area contributed by atoms with Crippen LogP contribution in [0, 0.1) is 0 Å². The molecule has 1 heterocycles. The predicted octanol–water partition coefficient (Wildman–Crippen LogP) is 4.57. The van der Waals surface area contributed by atoms with Crippen LogP contribution in [0.4, 0.5) is 0 Å². The standard InChI is InChI=1S/C15H22BrNO/c1-3-7-15(8-4-2)10-13(17)12-9-11(16)5-6-14(12)18-15/h5-6,9,13H,3-4,7-8,10,17H2,1-2H3/t13-/m0/s1. The first-order valence-electron chi connectivity index (χ1n) is 6.84. The van der Waals surface area contributed by atoms with E-state index < -0.39 is 0 Å². The van der Waals surface area contributed by atoms with E-state index in [1.165, 1.54) is 0 Å². The average Bonchev–Trinajstić information content (AvgIpc) is 2.31. The number of benzene rings is 1. The molecular weight excluding hydrogens is 290 g/mol. The van der Waals surface area contributed by atoms with E-state index in [1.54, 1.807) is 0 Å². The zero-order valence-electron chi connectivity index (χ0n) is 11.2. The lowest BCUT2D eigenvalue weighted by Crippen LogP contribution is -2.42. The molecule has 0 saturated carbocycles. The highest BCUT2D eigenvalue weighted by Crippen LogP contribution is 2.43. The summed E-state index contributed by atoms with van der Waals surface area (Å²) in [6.07, 6.45) is 5.38. The highest BCUT2D eigenvalue weighted by atomic mass is 79.9. The van der Waals surface area contributed by atoms with Crippen molar-refractivity contribution in [3.05, 3.63) is 28.2 Å². The molecule has 0 unspecified atom stereocenters. The van der Waals surface area contributed by atoms with Crippen molar-refractivity contribution in [1.82, 2.24) is 0 Å². The van der Waals surface area contributed by atoms with Crippen molar-refractivity contribution in [3.8, 4) is 5.75 Å². The van der Waals surface area contributed by atoms with Crippen LogP contribution < -0.4 is 10.5 Å². The molecule has 0 fully saturated rings. The fourth-order valence-electron chi connectivity index (χ4n) is 3.03. The Kier molecular flexibility index (Phi) is 4.33. The van der Waals surface area contributed by atoms with Crippen molar-refractivity contribution in [2.45, 2.75) is 57.6 Å². The molecule has 0 aromatic heterocycles. The Morgan fingerprint density at radius 2 is 2.00 bits per heavy atom. The molecule has 2 nitrogen and oxygen atoms in total. The summed E-state index contributed by atoms with van der Waals surface area (Å²) in [5, 5.41) is 0. The molecule has 0 bridgehead atoms. The first-order valence-corrected chi connectivity index (χ1v) is 7.63. The molecule has 1 aromatic carbocycles. The number of halogens is 1. The summed E-state index contributed by atoms with van der Waals surface area (Å²) in [5.74, 6) is 0.971. The van der Waals surface area contributed by atoms with Crippen LogP contribution in [0.5, 0.6) is 5.75 Å². The first-order chi connectivity index (χ1) is 8.60. The third-order valence-electron chi connectivity index (χ3n) is 3.70. The van der Waals surface area contributed by atoms with E-state index in [1.807, 2.05) is 12.1 Å². The normalized spacial score (nSPS) is 21.2. The van der Waals surface area contributed by atoms with Crippen molar-refractivity contribution < 1.29 is 4.74 Å². The van der Waals surface area contributed by atoms with E-state index in [2.05, 4.69) is 35.8 Å². The molecule has 3 heteroatoms. The summed E-state index contributed by atoms with van der Waals surface area (Å²) in [7, 11) is 0. The van der Waals surface area contributed by atoms with Crippen molar-refractivity contribution in [1.29, 1.82) is 0 Å².